The molecule has 0 spiro atoms. The molecular formula is C29H30N2. The van der Waals surface area contributed by atoms with Gasteiger partial charge in [-0.05, 0) is 65.8 Å². The first kappa shape index (κ1) is 20.9. The zero-order valence-electron chi connectivity index (χ0n) is 18.5. The zero-order valence-corrected chi connectivity index (χ0v) is 18.5. The summed E-state index contributed by atoms with van der Waals surface area (Å²) in [7, 11) is 0. The Labute approximate surface area is 185 Å². The van der Waals surface area contributed by atoms with Crippen LogP contribution < -0.4 is 11.5 Å². The monoisotopic (exact) mass is 406 g/mol. The predicted octanol–water partition coefficient (Wildman–Crippen LogP) is 6.16. The molecule has 0 amide bonds. The van der Waals surface area contributed by atoms with Gasteiger partial charge in [0.05, 0.1) is 5.41 Å². The quantitative estimate of drug-likeness (QED) is 0.472. The van der Waals surface area contributed by atoms with Gasteiger partial charge in [0, 0.05) is 11.7 Å². The Balaban J connectivity index is 2.14. The summed E-state index contributed by atoms with van der Waals surface area (Å²) in [6.07, 6.45) is 14.7. The maximum Gasteiger partial charge on any atom is 0.0673 e. The SMILES string of the molecule is C=C/C=C\C1=C(C)C(C2=CC(C)=CC(N)C=C2)(c2ccc(N)c(C)c2)c2ccccc21. The molecule has 4 rings (SSSR count). The number of nitrogen functional groups attached to an aromatic ring is 1. The molecule has 0 radical (unpaired) electrons. The summed E-state index contributed by atoms with van der Waals surface area (Å²) < 4.78 is 0. The second-order valence-corrected chi connectivity index (χ2v) is 8.45. The maximum absolute atomic E-state index is 6.29. The van der Waals surface area contributed by atoms with Crippen molar-refractivity contribution in [3.63, 3.8) is 0 Å². The van der Waals surface area contributed by atoms with Gasteiger partial charge in [0.2, 0.25) is 0 Å². The first-order valence-corrected chi connectivity index (χ1v) is 10.7. The molecule has 2 nitrogen and oxygen atoms in total. The predicted molar refractivity (Wildman–Crippen MR) is 134 cm³/mol. The third-order valence-electron chi connectivity index (χ3n) is 6.46. The van der Waals surface area contributed by atoms with E-state index in [-0.39, 0.29) is 6.04 Å². The largest absolute Gasteiger partial charge is 0.399 e. The lowest BCUT2D eigenvalue weighted by Gasteiger charge is -2.36. The van der Waals surface area contributed by atoms with E-state index in [0.717, 1.165) is 11.3 Å². The van der Waals surface area contributed by atoms with E-state index in [4.69, 9.17) is 11.5 Å². The van der Waals surface area contributed by atoms with E-state index in [1.807, 2.05) is 18.2 Å². The fourth-order valence-electron chi connectivity index (χ4n) is 5.00. The Morgan fingerprint density at radius 1 is 1.06 bits per heavy atom. The molecule has 156 valence electrons. The number of aryl methyl sites for hydroxylation is 1. The molecule has 2 heteroatoms. The van der Waals surface area contributed by atoms with Gasteiger partial charge in [-0.1, -0.05) is 91.1 Å². The molecule has 0 saturated heterocycles. The molecule has 31 heavy (non-hydrogen) atoms. The fourth-order valence-corrected chi connectivity index (χ4v) is 5.00. The van der Waals surface area contributed by atoms with Crippen LogP contribution in [0.2, 0.25) is 0 Å². The fraction of sp³-hybridized carbons (Fsp3) is 0.172. The van der Waals surface area contributed by atoms with Crippen molar-refractivity contribution in [3.05, 3.63) is 131 Å². The van der Waals surface area contributed by atoms with Crippen LogP contribution >= 0.6 is 0 Å². The van der Waals surface area contributed by atoms with E-state index < -0.39 is 5.41 Å². The topological polar surface area (TPSA) is 52.0 Å². The zero-order chi connectivity index (χ0) is 22.2. The summed E-state index contributed by atoms with van der Waals surface area (Å²) in [5.74, 6) is 0. The number of hydrogen-bond acceptors (Lipinski definition) is 2. The lowest BCUT2D eigenvalue weighted by molar-refractivity contribution is 0.740. The molecule has 2 aliphatic rings. The van der Waals surface area contributed by atoms with E-state index in [9.17, 15) is 0 Å². The van der Waals surface area contributed by atoms with Crippen molar-refractivity contribution < 1.29 is 0 Å². The molecule has 2 aromatic rings. The van der Waals surface area contributed by atoms with Gasteiger partial charge >= 0.3 is 0 Å². The van der Waals surface area contributed by atoms with E-state index in [2.05, 4.69) is 94.1 Å². The van der Waals surface area contributed by atoms with Crippen LogP contribution in [0.4, 0.5) is 5.69 Å². The molecule has 4 N–H and O–H groups in total. The van der Waals surface area contributed by atoms with Gasteiger partial charge in [-0.25, -0.2) is 0 Å². The molecule has 2 aromatic carbocycles. The standard InChI is InChI=1S/C29H30N2/c1-5-6-9-25-21(4)29(27-11-8-7-10-26(25)27,23-13-15-28(31)20(3)18-23)22-12-14-24(30)17-19(2)16-22/h5-18,24H,1,30-31H2,2-4H3/b9-6-. The third kappa shape index (κ3) is 3.34. The minimum absolute atomic E-state index is 0.0972. The third-order valence-corrected chi connectivity index (χ3v) is 6.46. The number of hydrogen-bond donors (Lipinski definition) is 2. The van der Waals surface area contributed by atoms with Crippen molar-refractivity contribution in [1.82, 2.24) is 0 Å². The summed E-state index contributed by atoms with van der Waals surface area (Å²) >= 11 is 0. The first-order chi connectivity index (χ1) is 14.9. The van der Waals surface area contributed by atoms with Gasteiger partial charge in [-0.2, -0.15) is 0 Å². The first-order valence-electron chi connectivity index (χ1n) is 10.7. The van der Waals surface area contributed by atoms with Crippen LogP contribution in [0.15, 0.2) is 108 Å². The van der Waals surface area contributed by atoms with Crippen LogP contribution in [0.3, 0.4) is 0 Å². The van der Waals surface area contributed by atoms with E-state index >= 15 is 0 Å². The Hall–Kier alpha value is -3.36. The van der Waals surface area contributed by atoms with Crippen LogP contribution in [-0.2, 0) is 5.41 Å². The molecule has 0 saturated carbocycles. The van der Waals surface area contributed by atoms with E-state index in [0.29, 0.717) is 0 Å². The van der Waals surface area contributed by atoms with E-state index in [1.54, 1.807) is 0 Å². The molecule has 2 aliphatic carbocycles. The van der Waals surface area contributed by atoms with Crippen molar-refractivity contribution >= 4 is 11.3 Å². The van der Waals surface area contributed by atoms with Crippen molar-refractivity contribution in [3.8, 4) is 0 Å². The van der Waals surface area contributed by atoms with Gasteiger partial charge in [0.15, 0.2) is 0 Å². The average molecular weight is 407 g/mol. The highest BCUT2D eigenvalue weighted by atomic mass is 14.6. The number of anilines is 1. The summed E-state index contributed by atoms with van der Waals surface area (Å²) in [6.45, 7) is 10.3. The normalized spacial score (nSPS) is 22.9. The second kappa shape index (κ2) is 8.05. The number of nitrogens with two attached hydrogens (primary N) is 2. The lowest BCUT2D eigenvalue weighted by atomic mass is 9.66. The van der Waals surface area contributed by atoms with Crippen molar-refractivity contribution in [2.75, 3.05) is 5.73 Å². The lowest BCUT2D eigenvalue weighted by Crippen LogP contribution is -2.30. The molecule has 0 aromatic heterocycles. The Kier molecular flexibility index (Phi) is 5.43. The van der Waals surface area contributed by atoms with Crippen LogP contribution in [0.1, 0.15) is 36.1 Å². The highest BCUT2D eigenvalue weighted by Crippen LogP contribution is 2.55. The summed E-state index contributed by atoms with van der Waals surface area (Å²) in [4.78, 5) is 0. The Bertz CT molecular complexity index is 1200. The van der Waals surface area contributed by atoms with Crippen LogP contribution in [0.25, 0.3) is 5.57 Å². The van der Waals surface area contributed by atoms with Gasteiger partial charge in [-0.15, -0.1) is 0 Å². The smallest absolute Gasteiger partial charge is 0.0673 e. The van der Waals surface area contributed by atoms with Gasteiger partial charge in [0.1, 0.15) is 0 Å². The van der Waals surface area contributed by atoms with Crippen LogP contribution in [-0.4, -0.2) is 6.04 Å². The molecule has 0 aliphatic heterocycles. The molecule has 0 bridgehead atoms. The van der Waals surface area contributed by atoms with Gasteiger partial charge in [-0.3, -0.25) is 0 Å². The van der Waals surface area contributed by atoms with Gasteiger partial charge < -0.3 is 11.5 Å². The molecule has 0 heterocycles. The van der Waals surface area contributed by atoms with Crippen molar-refractivity contribution in [1.29, 1.82) is 0 Å². The van der Waals surface area contributed by atoms with Crippen LogP contribution in [0, 0.1) is 6.92 Å². The minimum Gasteiger partial charge on any atom is -0.399 e. The number of allylic oxidation sites excluding steroid dienone is 9. The molecular weight excluding hydrogens is 376 g/mol. The van der Waals surface area contributed by atoms with Gasteiger partial charge in [0.25, 0.3) is 0 Å². The van der Waals surface area contributed by atoms with Crippen molar-refractivity contribution in [2.24, 2.45) is 5.73 Å². The maximum atomic E-state index is 6.29. The highest BCUT2D eigenvalue weighted by molar-refractivity contribution is 5.90. The van der Waals surface area contributed by atoms with Crippen molar-refractivity contribution in [2.45, 2.75) is 32.2 Å². The molecule has 0 fully saturated rings. The minimum atomic E-state index is -0.425. The Morgan fingerprint density at radius 3 is 2.58 bits per heavy atom. The Morgan fingerprint density at radius 2 is 1.84 bits per heavy atom. The molecule has 2 atom stereocenters. The molecule has 2 unspecified atom stereocenters. The van der Waals surface area contributed by atoms with Crippen LogP contribution in [0.5, 0.6) is 0 Å². The summed E-state index contributed by atoms with van der Waals surface area (Å²) in [5.41, 5.74) is 22.6. The number of rotatable bonds is 4. The van der Waals surface area contributed by atoms with E-state index in [1.165, 1.54) is 39.0 Å². The summed E-state index contributed by atoms with van der Waals surface area (Å²) in [5, 5.41) is 0. The highest BCUT2D eigenvalue weighted by Gasteiger charge is 2.46. The second-order valence-electron chi connectivity index (χ2n) is 8.45. The number of benzene rings is 2. The summed E-state index contributed by atoms with van der Waals surface area (Å²) in [6, 6.07) is 15.0. The number of fused-ring (bicyclic) bond motifs is 1. The average Bonchev–Trinajstić information content (AvgIpc) is 2.86.